The largest absolute Gasteiger partial charge is 0.312 e. The maximum absolute atomic E-state index is 4.21. The fourth-order valence-corrected chi connectivity index (χ4v) is 3.46. The molecule has 2 rings (SSSR count). The normalized spacial score (nSPS) is 14.0. The van der Waals surface area contributed by atoms with Gasteiger partial charge in [-0.25, -0.2) is 0 Å². The first-order valence-electron chi connectivity index (χ1n) is 7.55. The first-order valence-corrected chi connectivity index (χ1v) is 8.43. The Kier molecular flexibility index (Phi) is 6.26. The molecule has 0 amide bonds. The van der Waals surface area contributed by atoms with Gasteiger partial charge in [0.25, 0.3) is 0 Å². The van der Waals surface area contributed by atoms with E-state index in [1.165, 1.54) is 5.56 Å². The minimum atomic E-state index is 0.331. The molecule has 0 saturated carbocycles. The molecule has 0 radical (unpaired) electrons. The second-order valence-corrected chi connectivity index (χ2v) is 6.34. The van der Waals surface area contributed by atoms with Gasteiger partial charge in [0.2, 0.25) is 0 Å². The van der Waals surface area contributed by atoms with E-state index in [2.05, 4.69) is 59.7 Å². The van der Waals surface area contributed by atoms with Gasteiger partial charge in [0.15, 0.2) is 5.16 Å². The molecule has 21 heavy (non-hydrogen) atoms. The minimum absolute atomic E-state index is 0.331. The lowest BCUT2D eigenvalue weighted by atomic mass is 10.0. The minimum Gasteiger partial charge on any atom is -0.312 e. The van der Waals surface area contributed by atoms with Gasteiger partial charge in [-0.05, 0) is 24.9 Å². The standard InChI is InChI=1S/C16H24N4S/c1-4-11-17-15(13-9-7-6-8-10-13)14(5-2)21-16-19-18-12-20(16)3/h6-10,12,14-15,17H,4-5,11H2,1-3H3. The third kappa shape index (κ3) is 4.32. The van der Waals surface area contributed by atoms with Crippen LogP contribution in [-0.2, 0) is 7.05 Å². The van der Waals surface area contributed by atoms with Gasteiger partial charge in [-0.15, -0.1) is 10.2 Å². The van der Waals surface area contributed by atoms with Gasteiger partial charge in [0, 0.05) is 18.3 Å². The van der Waals surface area contributed by atoms with Crippen LogP contribution in [0.4, 0.5) is 0 Å². The molecule has 1 aromatic carbocycles. The maximum Gasteiger partial charge on any atom is 0.191 e. The highest BCUT2D eigenvalue weighted by atomic mass is 32.2. The molecule has 4 nitrogen and oxygen atoms in total. The predicted octanol–water partition coefficient (Wildman–Crippen LogP) is 3.43. The molecule has 0 aliphatic heterocycles. The number of aromatic nitrogens is 3. The number of rotatable bonds is 8. The monoisotopic (exact) mass is 304 g/mol. The van der Waals surface area contributed by atoms with E-state index < -0.39 is 0 Å². The van der Waals surface area contributed by atoms with E-state index in [-0.39, 0.29) is 0 Å². The lowest BCUT2D eigenvalue weighted by Gasteiger charge is -2.27. The van der Waals surface area contributed by atoms with Crippen LogP contribution in [0.15, 0.2) is 41.8 Å². The Hall–Kier alpha value is -1.33. The summed E-state index contributed by atoms with van der Waals surface area (Å²) >= 11 is 1.80. The Morgan fingerprint density at radius 2 is 2.00 bits per heavy atom. The first kappa shape index (κ1) is 16.0. The zero-order valence-corrected chi connectivity index (χ0v) is 13.8. The van der Waals surface area contributed by atoms with Crippen molar-refractivity contribution in [3.8, 4) is 0 Å². The van der Waals surface area contributed by atoms with Crippen LogP contribution < -0.4 is 5.32 Å². The Bertz CT molecular complexity index is 526. The molecule has 0 fully saturated rings. The fraction of sp³-hybridized carbons (Fsp3) is 0.500. The molecule has 2 atom stereocenters. The number of thioether (sulfide) groups is 1. The van der Waals surface area contributed by atoms with Gasteiger partial charge in [-0.3, -0.25) is 0 Å². The van der Waals surface area contributed by atoms with E-state index in [9.17, 15) is 0 Å². The van der Waals surface area contributed by atoms with Crippen LogP contribution in [0.3, 0.4) is 0 Å². The summed E-state index contributed by atoms with van der Waals surface area (Å²) in [6, 6.07) is 11.0. The molecule has 5 heteroatoms. The van der Waals surface area contributed by atoms with E-state index in [0.29, 0.717) is 11.3 Å². The second kappa shape index (κ2) is 8.20. The summed E-state index contributed by atoms with van der Waals surface area (Å²) in [4.78, 5) is 0. The molecule has 0 saturated heterocycles. The molecule has 1 N–H and O–H groups in total. The van der Waals surface area contributed by atoms with Crippen molar-refractivity contribution in [3.05, 3.63) is 42.2 Å². The van der Waals surface area contributed by atoms with E-state index >= 15 is 0 Å². The molecule has 2 unspecified atom stereocenters. The highest BCUT2D eigenvalue weighted by Crippen LogP contribution is 2.33. The van der Waals surface area contributed by atoms with Crippen LogP contribution in [-0.4, -0.2) is 26.6 Å². The van der Waals surface area contributed by atoms with Crippen molar-refractivity contribution in [2.75, 3.05) is 6.54 Å². The van der Waals surface area contributed by atoms with Gasteiger partial charge in [0.05, 0.1) is 0 Å². The summed E-state index contributed by atoms with van der Waals surface area (Å²) in [5.41, 5.74) is 1.34. The first-order chi connectivity index (χ1) is 10.3. The highest BCUT2D eigenvalue weighted by molar-refractivity contribution is 7.99. The van der Waals surface area contributed by atoms with Crippen LogP contribution in [0, 0.1) is 0 Å². The van der Waals surface area contributed by atoms with E-state index in [4.69, 9.17) is 0 Å². The fourth-order valence-electron chi connectivity index (χ4n) is 2.33. The van der Waals surface area contributed by atoms with Gasteiger partial charge in [-0.2, -0.15) is 0 Å². The molecule has 1 heterocycles. The molecule has 0 aliphatic carbocycles. The Morgan fingerprint density at radius 1 is 1.24 bits per heavy atom. The van der Waals surface area contributed by atoms with E-state index in [0.717, 1.165) is 24.5 Å². The Balaban J connectivity index is 2.18. The van der Waals surface area contributed by atoms with Crippen LogP contribution in [0.2, 0.25) is 0 Å². The van der Waals surface area contributed by atoms with Crippen molar-refractivity contribution in [1.82, 2.24) is 20.1 Å². The smallest absolute Gasteiger partial charge is 0.191 e. The zero-order valence-electron chi connectivity index (χ0n) is 13.0. The molecule has 0 bridgehead atoms. The van der Waals surface area contributed by atoms with E-state index in [1.807, 2.05) is 11.6 Å². The Labute approximate surface area is 131 Å². The van der Waals surface area contributed by atoms with Crippen LogP contribution in [0.5, 0.6) is 0 Å². The molecule has 0 aliphatic rings. The quantitative estimate of drug-likeness (QED) is 0.759. The predicted molar refractivity (Wildman–Crippen MR) is 88.4 cm³/mol. The number of benzene rings is 1. The van der Waals surface area contributed by atoms with Gasteiger partial charge < -0.3 is 9.88 Å². The number of nitrogens with zero attached hydrogens (tertiary/aromatic N) is 3. The summed E-state index contributed by atoms with van der Waals surface area (Å²) in [7, 11) is 1.99. The van der Waals surface area contributed by atoms with Crippen molar-refractivity contribution in [2.45, 2.75) is 43.1 Å². The van der Waals surface area contributed by atoms with Crippen molar-refractivity contribution < 1.29 is 0 Å². The van der Waals surface area contributed by atoms with Crippen molar-refractivity contribution >= 4 is 11.8 Å². The lowest BCUT2D eigenvalue weighted by Crippen LogP contribution is -2.30. The average Bonchev–Trinajstić information content (AvgIpc) is 2.92. The lowest BCUT2D eigenvalue weighted by molar-refractivity contribution is 0.504. The number of hydrogen-bond donors (Lipinski definition) is 1. The maximum atomic E-state index is 4.21. The van der Waals surface area contributed by atoms with E-state index in [1.54, 1.807) is 18.1 Å². The Morgan fingerprint density at radius 3 is 2.57 bits per heavy atom. The topological polar surface area (TPSA) is 42.7 Å². The average molecular weight is 304 g/mol. The molecule has 114 valence electrons. The molecular weight excluding hydrogens is 280 g/mol. The summed E-state index contributed by atoms with van der Waals surface area (Å²) in [5, 5.41) is 13.3. The number of nitrogens with one attached hydrogen (secondary N) is 1. The summed E-state index contributed by atoms with van der Waals surface area (Å²) in [5.74, 6) is 0. The van der Waals surface area contributed by atoms with Crippen molar-refractivity contribution in [1.29, 1.82) is 0 Å². The SMILES string of the molecule is CCCNC(c1ccccc1)C(CC)Sc1nncn1C. The second-order valence-electron chi connectivity index (χ2n) is 5.13. The van der Waals surface area contributed by atoms with Gasteiger partial charge in [-0.1, -0.05) is 55.9 Å². The molecule has 1 aromatic heterocycles. The molecular formula is C16H24N4S. The van der Waals surface area contributed by atoms with Crippen molar-refractivity contribution in [2.24, 2.45) is 7.05 Å². The van der Waals surface area contributed by atoms with Crippen LogP contribution >= 0.6 is 11.8 Å². The number of hydrogen-bond acceptors (Lipinski definition) is 4. The summed E-state index contributed by atoms with van der Waals surface area (Å²) in [6.07, 6.45) is 3.97. The summed E-state index contributed by atoms with van der Waals surface area (Å²) in [6.45, 7) is 5.46. The third-order valence-corrected chi connectivity index (χ3v) is 4.96. The third-order valence-electron chi connectivity index (χ3n) is 3.47. The summed E-state index contributed by atoms with van der Waals surface area (Å²) < 4.78 is 1.98. The van der Waals surface area contributed by atoms with Gasteiger partial charge >= 0.3 is 0 Å². The highest BCUT2D eigenvalue weighted by Gasteiger charge is 2.23. The van der Waals surface area contributed by atoms with Gasteiger partial charge in [0.1, 0.15) is 6.33 Å². The van der Waals surface area contributed by atoms with Crippen LogP contribution in [0.1, 0.15) is 38.3 Å². The molecule has 2 aromatic rings. The number of aryl methyl sites for hydroxylation is 1. The molecule has 0 spiro atoms. The van der Waals surface area contributed by atoms with Crippen molar-refractivity contribution in [3.63, 3.8) is 0 Å². The zero-order chi connectivity index (χ0) is 15.1. The van der Waals surface area contributed by atoms with Crippen LogP contribution in [0.25, 0.3) is 0 Å².